The summed E-state index contributed by atoms with van der Waals surface area (Å²) in [5, 5.41) is 9.44. The largest absolute Gasteiger partial charge is 0.493 e. The first-order valence-electron chi connectivity index (χ1n) is 9.76. The first kappa shape index (κ1) is 22.1. The lowest BCUT2D eigenvalue weighted by Crippen LogP contribution is -2.30. The second-order valence-corrected chi connectivity index (χ2v) is 6.35. The molecule has 2 aromatic carbocycles. The van der Waals surface area contributed by atoms with Gasteiger partial charge in [-0.3, -0.25) is 9.79 Å². The van der Waals surface area contributed by atoms with Gasteiger partial charge in [0.15, 0.2) is 17.5 Å². The number of anilines is 2. The van der Waals surface area contributed by atoms with Crippen LogP contribution in [0.25, 0.3) is 0 Å². The summed E-state index contributed by atoms with van der Waals surface area (Å²) >= 11 is 0. The van der Waals surface area contributed by atoms with Crippen LogP contribution in [-0.4, -0.2) is 32.6 Å². The fourth-order valence-electron chi connectivity index (χ4n) is 2.73. The molecule has 1 amide bonds. The van der Waals surface area contributed by atoms with E-state index in [1.165, 1.54) is 0 Å². The summed E-state index contributed by atoms with van der Waals surface area (Å²) in [4.78, 5) is 16.0. The number of nitrogens with one attached hydrogen (secondary N) is 3. The van der Waals surface area contributed by atoms with Crippen molar-refractivity contribution in [3.63, 3.8) is 0 Å². The monoisotopic (exact) mass is 398 g/mol. The van der Waals surface area contributed by atoms with Gasteiger partial charge in [0.05, 0.1) is 13.7 Å². The number of guanidine groups is 1. The van der Waals surface area contributed by atoms with Gasteiger partial charge in [-0.1, -0.05) is 19.1 Å². The van der Waals surface area contributed by atoms with E-state index in [0.29, 0.717) is 37.0 Å². The molecule has 0 radical (unpaired) electrons. The van der Waals surface area contributed by atoms with E-state index in [1.807, 2.05) is 56.3 Å². The van der Waals surface area contributed by atoms with Gasteiger partial charge in [-0.05, 0) is 43.2 Å². The summed E-state index contributed by atoms with van der Waals surface area (Å²) < 4.78 is 10.9. The minimum atomic E-state index is 0.0275. The lowest BCUT2D eigenvalue weighted by Gasteiger charge is -2.15. The maximum atomic E-state index is 11.8. The van der Waals surface area contributed by atoms with E-state index >= 15 is 0 Å². The molecule has 0 aromatic heterocycles. The topological polar surface area (TPSA) is 84.0 Å². The standard InChI is InChI=1S/C22H30N4O3/c1-5-8-21(27)25-17-10-7-9-16(13-17)15-24-22(23-3)26-18-11-12-19(28-4)20(14-18)29-6-2/h7,9-14H,5-6,8,15H2,1-4H3,(H,25,27)(H2,23,24,26). The van der Waals surface area contributed by atoms with Gasteiger partial charge in [0.2, 0.25) is 5.91 Å². The van der Waals surface area contributed by atoms with Crippen LogP contribution in [0.4, 0.5) is 11.4 Å². The second-order valence-electron chi connectivity index (χ2n) is 6.35. The molecule has 3 N–H and O–H groups in total. The van der Waals surface area contributed by atoms with Crippen molar-refractivity contribution in [1.82, 2.24) is 5.32 Å². The molecule has 156 valence electrons. The highest BCUT2D eigenvalue weighted by atomic mass is 16.5. The van der Waals surface area contributed by atoms with Crippen LogP contribution >= 0.6 is 0 Å². The number of carbonyl (C=O) groups excluding carboxylic acids is 1. The third-order valence-corrected chi connectivity index (χ3v) is 4.10. The predicted molar refractivity (Wildman–Crippen MR) is 118 cm³/mol. The van der Waals surface area contributed by atoms with Gasteiger partial charge in [-0.25, -0.2) is 0 Å². The van der Waals surface area contributed by atoms with Gasteiger partial charge in [0.25, 0.3) is 0 Å². The summed E-state index contributed by atoms with van der Waals surface area (Å²) in [6.07, 6.45) is 1.34. The number of carbonyl (C=O) groups is 1. The normalized spacial score (nSPS) is 11.0. The van der Waals surface area contributed by atoms with E-state index in [-0.39, 0.29) is 5.91 Å². The molecule has 7 heteroatoms. The highest BCUT2D eigenvalue weighted by Gasteiger charge is 2.07. The van der Waals surface area contributed by atoms with Crippen molar-refractivity contribution in [1.29, 1.82) is 0 Å². The van der Waals surface area contributed by atoms with Crippen LogP contribution in [0.3, 0.4) is 0 Å². The molecule has 0 atom stereocenters. The number of benzene rings is 2. The van der Waals surface area contributed by atoms with E-state index in [1.54, 1.807) is 14.2 Å². The van der Waals surface area contributed by atoms with Gasteiger partial charge in [0, 0.05) is 37.5 Å². The summed E-state index contributed by atoms with van der Waals surface area (Å²) in [5.41, 5.74) is 2.66. The Morgan fingerprint density at radius 2 is 1.83 bits per heavy atom. The minimum Gasteiger partial charge on any atom is -0.493 e. The molecule has 0 saturated carbocycles. The van der Waals surface area contributed by atoms with Gasteiger partial charge in [-0.15, -0.1) is 0 Å². The Morgan fingerprint density at radius 1 is 1.03 bits per heavy atom. The Labute approximate surface area is 172 Å². The Morgan fingerprint density at radius 3 is 2.52 bits per heavy atom. The molecule has 0 aliphatic carbocycles. The van der Waals surface area contributed by atoms with Crippen LogP contribution in [0.2, 0.25) is 0 Å². The third kappa shape index (κ3) is 7.03. The number of ether oxygens (including phenoxy) is 2. The van der Waals surface area contributed by atoms with Crippen molar-refractivity contribution < 1.29 is 14.3 Å². The lowest BCUT2D eigenvalue weighted by molar-refractivity contribution is -0.116. The fraction of sp³-hybridized carbons (Fsp3) is 0.364. The lowest BCUT2D eigenvalue weighted by atomic mass is 10.2. The van der Waals surface area contributed by atoms with Crippen molar-refractivity contribution in [2.45, 2.75) is 33.2 Å². The fourth-order valence-corrected chi connectivity index (χ4v) is 2.73. The number of methoxy groups -OCH3 is 1. The van der Waals surface area contributed by atoms with E-state index in [9.17, 15) is 4.79 Å². The average Bonchev–Trinajstić information content (AvgIpc) is 2.72. The van der Waals surface area contributed by atoms with Gasteiger partial charge in [0.1, 0.15) is 0 Å². The highest BCUT2D eigenvalue weighted by Crippen LogP contribution is 2.30. The molecule has 0 heterocycles. The molecule has 0 fully saturated rings. The molecule has 0 aliphatic heterocycles. The maximum absolute atomic E-state index is 11.8. The molecular weight excluding hydrogens is 368 g/mol. The van der Waals surface area contributed by atoms with E-state index in [2.05, 4.69) is 20.9 Å². The summed E-state index contributed by atoms with van der Waals surface area (Å²) in [6.45, 7) is 5.03. The quantitative estimate of drug-likeness (QED) is 0.439. The van der Waals surface area contributed by atoms with Crippen molar-refractivity contribution in [3.8, 4) is 11.5 Å². The van der Waals surface area contributed by atoms with Crippen LogP contribution in [0.1, 0.15) is 32.3 Å². The molecule has 0 unspecified atom stereocenters. The zero-order chi connectivity index (χ0) is 21.1. The summed E-state index contributed by atoms with van der Waals surface area (Å²) in [6, 6.07) is 13.4. The number of aliphatic imine (C=N–C) groups is 1. The number of amides is 1. The highest BCUT2D eigenvalue weighted by molar-refractivity contribution is 5.94. The van der Waals surface area contributed by atoms with Gasteiger partial charge >= 0.3 is 0 Å². The summed E-state index contributed by atoms with van der Waals surface area (Å²) in [5.74, 6) is 2.01. The van der Waals surface area contributed by atoms with Crippen molar-refractivity contribution in [2.24, 2.45) is 4.99 Å². The van der Waals surface area contributed by atoms with Crippen LogP contribution < -0.4 is 25.4 Å². The smallest absolute Gasteiger partial charge is 0.224 e. The van der Waals surface area contributed by atoms with E-state index in [0.717, 1.165) is 23.4 Å². The molecule has 0 aliphatic rings. The summed E-state index contributed by atoms with van der Waals surface area (Å²) in [7, 11) is 3.33. The zero-order valence-electron chi connectivity index (χ0n) is 17.5. The Bertz CT molecular complexity index is 837. The van der Waals surface area contributed by atoms with Crippen LogP contribution in [0.5, 0.6) is 11.5 Å². The van der Waals surface area contributed by atoms with Crippen LogP contribution in [0, 0.1) is 0 Å². The first-order chi connectivity index (χ1) is 14.1. The maximum Gasteiger partial charge on any atom is 0.224 e. The molecule has 0 spiro atoms. The van der Waals surface area contributed by atoms with E-state index < -0.39 is 0 Å². The van der Waals surface area contributed by atoms with E-state index in [4.69, 9.17) is 9.47 Å². The van der Waals surface area contributed by atoms with Gasteiger partial charge < -0.3 is 25.4 Å². The average molecular weight is 399 g/mol. The molecule has 0 saturated heterocycles. The zero-order valence-corrected chi connectivity index (χ0v) is 17.5. The number of hydrogen-bond donors (Lipinski definition) is 3. The molecule has 2 rings (SSSR count). The van der Waals surface area contributed by atoms with Crippen molar-refractivity contribution >= 4 is 23.2 Å². The van der Waals surface area contributed by atoms with Crippen LogP contribution in [0.15, 0.2) is 47.5 Å². The first-order valence-corrected chi connectivity index (χ1v) is 9.76. The molecule has 0 bridgehead atoms. The van der Waals surface area contributed by atoms with Gasteiger partial charge in [-0.2, -0.15) is 0 Å². The molecule has 29 heavy (non-hydrogen) atoms. The predicted octanol–water partition coefficient (Wildman–Crippen LogP) is 4.02. The van der Waals surface area contributed by atoms with Crippen LogP contribution in [-0.2, 0) is 11.3 Å². The molecular formula is C22H30N4O3. The van der Waals surface area contributed by atoms with Crippen molar-refractivity contribution in [3.05, 3.63) is 48.0 Å². The number of hydrogen-bond acceptors (Lipinski definition) is 4. The molecule has 7 nitrogen and oxygen atoms in total. The van der Waals surface area contributed by atoms with Crippen molar-refractivity contribution in [2.75, 3.05) is 31.4 Å². The Hall–Kier alpha value is -3.22. The number of nitrogens with zero attached hydrogens (tertiary/aromatic N) is 1. The third-order valence-electron chi connectivity index (χ3n) is 4.10. The Balaban J connectivity index is 1.99. The second kappa shape index (κ2) is 11.6. The number of rotatable bonds is 9. The Kier molecular flexibility index (Phi) is 8.82. The SMILES string of the molecule is CCCC(=O)Nc1cccc(CNC(=NC)Nc2ccc(OC)c(OCC)c2)c1. The molecule has 2 aromatic rings. The minimum absolute atomic E-state index is 0.0275.